The van der Waals surface area contributed by atoms with Crippen molar-refractivity contribution in [2.24, 2.45) is 5.73 Å². The van der Waals surface area contributed by atoms with Gasteiger partial charge in [-0.2, -0.15) is 0 Å². The first-order chi connectivity index (χ1) is 8.79. The Morgan fingerprint density at radius 1 is 1.47 bits per heavy atom. The molecule has 0 aromatic heterocycles. The number of nitrogens with two attached hydrogens (primary N) is 1. The van der Waals surface area contributed by atoms with Gasteiger partial charge in [0.05, 0.1) is 19.2 Å². The monoisotopic (exact) mass is 273 g/mol. The number of carbonyl (C=O) groups is 2. The van der Waals surface area contributed by atoms with Gasteiger partial charge in [-0.15, -0.1) is 0 Å². The Labute approximate surface area is 110 Å². The lowest BCUT2D eigenvalue weighted by Crippen LogP contribution is -2.33. The van der Waals surface area contributed by atoms with E-state index >= 15 is 0 Å². The molecule has 108 valence electrons. The van der Waals surface area contributed by atoms with Gasteiger partial charge in [-0.1, -0.05) is 0 Å². The molecule has 8 heteroatoms. The number of carboxylic acids is 2. The third-order valence-corrected chi connectivity index (χ3v) is 2.82. The van der Waals surface area contributed by atoms with E-state index in [1.54, 1.807) is 18.1 Å². The Bertz CT molecular complexity index is 385. The van der Waals surface area contributed by atoms with Crippen LogP contribution in [0.3, 0.4) is 0 Å². The lowest BCUT2D eigenvalue weighted by Gasteiger charge is -2.21. The molecular formula is C11H19N3O5. The summed E-state index contributed by atoms with van der Waals surface area (Å²) in [5, 5.41) is 26.8. The Balaban J connectivity index is 2.53. The molecule has 0 aromatic carbocycles. The summed E-state index contributed by atoms with van der Waals surface area (Å²) < 4.78 is 0. The lowest BCUT2D eigenvalue weighted by atomic mass is 10.2. The molecule has 1 heterocycles. The number of aliphatic carboxylic acids is 2. The highest BCUT2D eigenvalue weighted by Gasteiger charge is 2.24. The van der Waals surface area contributed by atoms with Crippen molar-refractivity contribution in [1.29, 1.82) is 0 Å². The number of hydrogen-bond acceptors (Lipinski definition) is 6. The summed E-state index contributed by atoms with van der Waals surface area (Å²) in [7, 11) is 1.78. The minimum atomic E-state index is -1.07. The molecule has 1 aliphatic rings. The van der Waals surface area contributed by atoms with Crippen LogP contribution in [0.2, 0.25) is 0 Å². The second kappa shape index (κ2) is 6.39. The third kappa shape index (κ3) is 4.76. The molecule has 1 rings (SSSR count). The van der Waals surface area contributed by atoms with Crippen molar-refractivity contribution in [1.82, 2.24) is 9.80 Å². The van der Waals surface area contributed by atoms with Gasteiger partial charge < -0.3 is 30.9 Å². The van der Waals surface area contributed by atoms with Crippen molar-refractivity contribution in [3.8, 4) is 0 Å². The van der Waals surface area contributed by atoms with Gasteiger partial charge in [0.15, 0.2) is 0 Å². The highest BCUT2D eigenvalue weighted by molar-refractivity contribution is 5.73. The van der Waals surface area contributed by atoms with Crippen molar-refractivity contribution in [2.75, 3.05) is 20.3 Å². The molecule has 0 amide bonds. The summed E-state index contributed by atoms with van der Waals surface area (Å²) in [5.74, 6) is -2.13. The molecule has 0 saturated carbocycles. The van der Waals surface area contributed by atoms with Crippen LogP contribution >= 0.6 is 0 Å². The first kappa shape index (κ1) is 15.3. The lowest BCUT2D eigenvalue weighted by molar-refractivity contribution is -0.140. The minimum absolute atomic E-state index is 0.183. The van der Waals surface area contributed by atoms with Gasteiger partial charge in [-0.25, -0.2) is 0 Å². The van der Waals surface area contributed by atoms with E-state index in [2.05, 4.69) is 0 Å². The third-order valence-electron chi connectivity index (χ3n) is 2.82. The van der Waals surface area contributed by atoms with Gasteiger partial charge in [0.25, 0.3) is 0 Å². The summed E-state index contributed by atoms with van der Waals surface area (Å²) in [5.41, 5.74) is 6.21. The molecule has 19 heavy (non-hydrogen) atoms. The number of rotatable bonds is 7. The van der Waals surface area contributed by atoms with Gasteiger partial charge in [0.2, 0.25) is 0 Å². The number of β-amino-alcohol motifs (C(OH)–C–C–N with tert-alkyl or cyclic N) is 1. The van der Waals surface area contributed by atoms with Gasteiger partial charge >= 0.3 is 11.9 Å². The van der Waals surface area contributed by atoms with Crippen molar-refractivity contribution in [2.45, 2.75) is 25.0 Å². The molecule has 1 unspecified atom stereocenters. The van der Waals surface area contributed by atoms with Crippen LogP contribution in [-0.2, 0) is 9.59 Å². The highest BCUT2D eigenvalue weighted by Crippen LogP contribution is 2.18. The fraction of sp³-hybridized carbons (Fsp3) is 0.636. The zero-order chi connectivity index (χ0) is 14.6. The number of carboxylic acid groups (broad SMARTS) is 2. The second-order valence-corrected chi connectivity index (χ2v) is 4.63. The number of hydrogen-bond donors (Lipinski definition) is 4. The molecule has 0 fully saturated rings. The summed E-state index contributed by atoms with van der Waals surface area (Å²) in [6.45, 7) is 0.654. The highest BCUT2D eigenvalue weighted by atomic mass is 16.4. The molecule has 0 aliphatic carbocycles. The predicted octanol–water partition coefficient (Wildman–Crippen LogP) is -1.33. The molecule has 0 bridgehead atoms. The fourth-order valence-corrected chi connectivity index (χ4v) is 1.88. The van der Waals surface area contributed by atoms with Gasteiger partial charge in [-0.05, 0) is 0 Å². The van der Waals surface area contributed by atoms with Crippen molar-refractivity contribution >= 4 is 11.9 Å². The number of nitrogens with zero attached hydrogens (tertiary/aromatic N) is 2. The molecule has 8 nitrogen and oxygen atoms in total. The zero-order valence-electron chi connectivity index (χ0n) is 10.7. The first-order valence-corrected chi connectivity index (χ1v) is 5.83. The van der Waals surface area contributed by atoms with E-state index in [4.69, 9.17) is 15.9 Å². The zero-order valence-corrected chi connectivity index (χ0v) is 10.7. The largest absolute Gasteiger partial charge is 0.481 e. The second-order valence-electron chi connectivity index (χ2n) is 4.63. The minimum Gasteiger partial charge on any atom is -0.481 e. The Morgan fingerprint density at radius 2 is 2.11 bits per heavy atom. The fourth-order valence-electron chi connectivity index (χ4n) is 1.88. The first-order valence-electron chi connectivity index (χ1n) is 5.83. The maximum Gasteiger partial charge on any atom is 0.320 e. The average molecular weight is 273 g/mol. The SMILES string of the molecule is CN1CN(CC(O)CC(=O)O)C=C1C[C@H](N)C(=O)O. The van der Waals surface area contributed by atoms with E-state index in [-0.39, 0.29) is 19.4 Å². The summed E-state index contributed by atoms with van der Waals surface area (Å²) in [4.78, 5) is 24.7. The van der Waals surface area contributed by atoms with Crippen LogP contribution in [0, 0.1) is 0 Å². The van der Waals surface area contributed by atoms with E-state index in [9.17, 15) is 14.7 Å². The van der Waals surface area contributed by atoms with Crippen LogP contribution in [0.15, 0.2) is 11.9 Å². The average Bonchev–Trinajstić information content (AvgIpc) is 2.57. The molecular weight excluding hydrogens is 254 g/mol. The van der Waals surface area contributed by atoms with Crippen LogP contribution in [0.5, 0.6) is 0 Å². The van der Waals surface area contributed by atoms with E-state index < -0.39 is 24.1 Å². The number of aliphatic hydroxyl groups is 1. The standard InChI is InChI=1S/C11H19N3O5/c1-13-6-14(5-8(15)3-10(16)17)4-7(13)2-9(12)11(18)19/h4,8-9,15H,2-3,5-6,12H2,1H3,(H,16,17)(H,18,19)/t8?,9-/m0/s1. The molecule has 0 radical (unpaired) electrons. The maximum absolute atomic E-state index is 10.7. The predicted molar refractivity (Wildman–Crippen MR) is 65.9 cm³/mol. The van der Waals surface area contributed by atoms with Gasteiger partial charge in [-0.3, -0.25) is 9.59 Å². The van der Waals surface area contributed by atoms with E-state index in [1.165, 1.54) is 0 Å². The normalized spacial score (nSPS) is 18.2. The Kier molecular flexibility index (Phi) is 5.13. The molecule has 5 N–H and O–H groups in total. The summed E-state index contributed by atoms with van der Waals surface area (Å²) in [6.07, 6.45) is 0.609. The van der Waals surface area contributed by atoms with Crippen molar-refractivity contribution in [3.05, 3.63) is 11.9 Å². The van der Waals surface area contributed by atoms with E-state index in [0.29, 0.717) is 6.67 Å². The van der Waals surface area contributed by atoms with Crippen LogP contribution in [0.1, 0.15) is 12.8 Å². The van der Waals surface area contributed by atoms with Crippen LogP contribution < -0.4 is 5.73 Å². The van der Waals surface area contributed by atoms with Gasteiger partial charge in [0, 0.05) is 31.9 Å². The van der Waals surface area contributed by atoms with Crippen LogP contribution in [0.25, 0.3) is 0 Å². The molecule has 2 atom stereocenters. The molecule has 0 saturated heterocycles. The van der Waals surface area contributed by atoms with E-state index in [1.807, 2.05) is 4.90 Å². The topological polar surface area (TPSA) is 127 Å². The number of aliphatic hydroxyl groups excluding tert-OH is 1. The Hall–Kier alpha value is -1.80. The summed E-state index contributed by atoms with van der Waals surface area (Å²) in [6, 6.07) is -0.974. The summed E-state index contributed by atoms with van der Waals surface area (Å²) >= 11 is 0. The van der Waals surface area contributed by atoms with Crippen molar-refractivity contribution in [3.63, 3.8) is 0 Å². The van der Waals surface area contributed by atoms with Crippen LogP contribution in [-0.4, -0.2) is 69.5 Å². The van der Waals surface area contributed by atoms with Gasteiger partial charge in [0.1, 0.15) is 6.04 Å². The maximum atomic E-state index is 10.7. The molecule has 0 spiro atoms. The molecule has 0 aromatic rings. The van der Waals surface area contributed by atoms with Crippen LogP contribution in [0.4, 0.5) is 0 Å². The molecule has 1 aliphatic heterocycles. The van der Waals surface area contributed by atoms with E-state index in [0.717, 1.165) is 5.70 Å². The Morgan fingerprint density at radius 3 is 2.63 bits per heavy atom. The smallest absolute Gasteiger partial charge is 0.320 e. The quantitative estimate of drug-likeness (QED) is 0.449. The van der Waals surface area contributed by atoms with Crippen molar-refractivity contribution < 1.29 is 24.9 Å².